The fraction of sp³-hybridized carbons (Fsp3) is 0.407. The molecule has 0 radical (unpaired) electrons. The molecule has 5 rings (SSSR count). The van der Waals surface area contributed by atoms with Gasteiger partial charge in [-0.2, -0.15) is 9.78 Å². The van der Waals surface area contributed by atoms with Crippen molar-refractivity contribution in [2.75, 3.05) is 13.1 Å². The van der Waals surface area contributed by atoms with Gasteiger partial charge in [-0.05, 0) is 68.1 Å². The van der Waals surface area contributed by atoms with Gasteiger partial charge in [0, 0.05) is 35.7 Å². The number of nitrogens with one attached hydrogen (secondary N) is 1. The SMILES string of the molecule is O=C(c1nn(-c2ccc(Cl)cc2Cl)c(Oc2ccc(Cl)cc2)c1CNC1CCCCC1)N1CCCC1. The highest BCUT2D eigenvalue weighted by Gasteiger charge is 2.31. The third-order valence-corrected chi connectivity index (χ3v) is 7.66. The topological polar surface area (TPSA) is 59.4 Å². The van der Waals surface area contributed by atoms with E-state index >= 15 is 0 Å². The van der Waals surface area contributed by atoms with Crippen LogP contribution in [-0.2, 0) is 6.54 Å². The molecule has 2 fully saturated rings. The van der Waals surface area contributed by atoms with Gasteiger partial charge in [0.15, 0.2) is 5.69 Å². The predicted molar refractivity (Wildman–Crippen MR) is 144 cm³/mol. The highest BCUT2D eigenvalue weighted by molar-refractivity contribution is 6.35. The Labute approximate surface area is 226 Å². The van der Waals surface area contributed by atoms with E-state index in [0.717, 1.165) is 44.3 Å². The largest absolute Gasteiger partial charge is 0.439 e. The second-order valence-electron chi connectivity index (χ2n) is 9.41. The number of hydrogen-bond acceptors (Lipinski definition) is 4. The molecule has 1 aliphatic heterocycles. The fourth-order valence-electron chi connectivity index (χ4n) is 4.92. The Hall–Kier alpha value is -2.25. The van der Waals surface area contributed by atoms with E-state index in [-0.39, 0.29) is 5.91 Å². The summed E-state index contributed by atoms with van der Waals surface area (Å²) in [5.74, 6) is 0.954. The normalized spacial score (nSPS) is 16.5. The van der Waals surface area contributed by atoms with Crippen molar-refractivity contribution in [1.82, 2.24) is 20.0 Å². The molecule has 0 atom stereocenters. The minimum atomic E-state index is -0.0854. The van der Waals surface area contributed by atoms with Gasteiger partial charge in [-0.3, -0.25) is 4.79 Å². The quantitative estimate of drug-likeness (QED) is 0.338. The van der Waals surface area contributed by atoms with Crippen molar-refractivity contribution < 1.29 is 9.53 Å². The van der Waals surface area contributed by atoms with Crippen LogP contribution in [0.2, 0.25) is 15.1 Å². The number of aromatic nitrogens is 2. The van der Waals surface area contributed by atoms with Crippen LogP contribution >= 0.6 is 34.8 Å². The smallest absolute Gasteiger partial charge is 0.274 e. The maximum Gasteiger partial charge on any atom is 0.274 e. The first-order valence-corrected chi connectivity index (χ1v) is 13.7. The van der Waals surface area contributed by atoms with Crippen LogP contribution < -0.4 is 10.1 Å². The molecule has 2 aromatic carbocycles. The van der Waals surface area contributed by atoms with E-state index in [2.05, 4.69) is 5.32 Å². The van der Waals surface area contributed by atoms with Crippen LogP contribution in [0.25, 0.3) is 5.69 Å². The van der Waals surface area contributed by atoms with Gasteiger partial charge in [0.25, 0.3) is 5.91 Å². The first-order chi connectivity index (χ1) is 17.5. The highest BCUT2D eigenvalue weighted by atomic mass is 35.5. The average molecular weight is 548 g/mol. The molecular weight excluding hydrogens is 519 g/mol. The molecule has 190 valence electrons. The molecule has 1 aliphatic carbocycles. The predicted octanol–water partition coefficient (Wildman–Crippen LogP) is 7.28. The lowest BCUT2D eigenvalue weighted by atomic mass is 9.95. The average Bonchev–Trinajstić information content (AvgIpc) is 3.53. The van der Waals surface area contributed by atoms with Crippen LogP contribution in [0.3, 0.4) is 0 Å². The fourth-order valence-corrected chi connectivity index (χ4v) is 5.54. The lowest BCUT2D eigenvalue weighted by molar-refractivity contribution is 0.0785. The molecule has 9 heteroatoms. The van der Waals surface area contributed by atoms with E-state index < -0.39 is 0 Å². The van der Waals surface area contributed by atoms with Crippen LogP contribution in [0.15, 0.2) is 42.5 Å². The van der Waals surface area contributed by atoms with Gasteiger partial charge < -0.3 is 15.0 Å². The molecule has 3 aromatic rings. The summed E-state index contributed by atoms with van der Waals surface area (Å²) in [7, 11) is 0. The Morgan fingerprint density at radius 2 is 1.64 bits per heavy atom. The van der Waals surface area contributed by atoms with Gasteiger partial charge in [-0.1, -0.05) is 54.1 Å². The Kier molecular flexibility index (Phi) is 8.06. The molecule has 1 saturated carbocycles. The summed E-state index contributed by atoms with van der Waals surface area (Å²) in [6, 6.07) is 12.7. The summed E-state index contributed by atoms with van der Waals surface area (Å²) < 4.78 is 8.03. The van der Waals surface area contributed by atoms with Gasteiger partial charge in [0.2, 0.25) is 5.88 Å². The Morgan fingerprint density at radius 1 is 0.944 bits per heavy atom. The summed E-state index contributed by atoms with van der Waals surface area (Å²) in [5.41, 5.74) is 1.69. The van der Waals surface area contributed by atoms with Crippen LogP contribution in [0.4, 0.5) is 0 Å². The summed E-state index contributed by atoms with van der Waals surface area (Å²) in [6.45, 7) is 1.93. The van der Waals surface area contributed by atoms with Gasteiger partial charge in [-0.15, -0.1) is 0 Å². The zero-order valence-corrected chi connectivity index (χ0v) is 22.2. The molecule has 2 heterocycles. The van der Waals surface area contributed by atoms with E-state index in [1.54, 1.807) is 47.1 Å². The molecule has 0 unspecified atom stereocenters. The molecule has 0 bridgehead atoms. The number of likely N-dealkylation sites (tertiary alicyclic amines) is 1. The van der Waals surface area contributed by atoms with Crippen LogP contribution in [-0.4, -0.2) is 39.7 Å². The van der Waals surface area contributed by atoms with Crippen LogP contribution in [0, 0.1) is 0 Å². The highest BCUT2D eigenvalue weighted by Crippen LogP contribution is 2.35. The summed E-state index contributed by atoms with van der Waals surface area (Å²) in [4.78, 5) is 15.5. The number of halogens is 3. The lowest BCUT2D eigenvalue weighted by Gasteiger charge is -2.23. The summed E-state index contributed by atoms with van der Waals surface area (Å²) in [5, 5.41) is 10.0. The number of benzene rings is 2. The van der Waals surface area contributed by atoms with Crippen molar-refractivity contribution in [3.63, 3.8) is 0 Å². The molecular formula is C27H29Cl3N4O2. The van der Waals surface area contributed by atoms with Crippen molar-refractivity contribution in [3.05, 3.63) is 68.8 Å². The van der Waals surface area contributed by atoms with E-state index in [9.17, 15) is 4.79 Å². The number of ether oxygens (including phenoxy) is 1. The zero-order chi connectivity index (χ0) is 25.1. The van der Waals surface area contributed by atoms with Crippen LogP contribution in [0.5, 0.6) is 11.6 Å². The number of hydrogen-bond donors (Lipinski definition) is 1. The minimum absolute atomic E-state index is 0.0854. The van der Waals surface area contributed by atoms with Crippen molar-refractivity contribution in [3.8, 4) is 17.3 Å². The number of amides is 1. The molecule has 0 spiro atoms. The summed E-state index contributed by atoms with van der Waals surface area (Å²) >= 11 is 18.9. The molecule has 1 N–H and O–H groups in total. The molecule has 6 nitrogen and oxygen atoms in total. The number of nitrogens with zero attached hydrogens (tertiary/aromatic N) is 3. The molecule has 1 aromatic heterocycles. The number of rotatable bonds is 7. The van der Waals surface area contributed by atoms with Gasteiger partial charge in [0.1, 0.15) is 5.75 Å². The maximum absolute atomic E-state index is 13.6. The van der Waals surface area contributed by atoms with Gasteiger partial charge in [0.05, 0.1) is 16.3 Å². The van der Waals surface area contributed by atoms with E-state index in [1.807, 2.05) is 4.90 Å². The molecule has 2 aliphatic rings. The van der Waals surface area contributed by atoms with Crippen molar-refractivity contribution in [2.45, 2.75) is 57.5 Å². The second-order valence-corrected chi connectivity index (χ2v) is 10.7. The van der Waals surface area contributed by atoms with Crippen LogP contribution in [0.1, 0.15) is 61.0 Å². The summed E-state index contributed by atoms with van der Waals surface area (Å²) in [6.07, 6.45) is 7.95. The number of carbonyl (C=O) groups excluding carboxylic acids is 1. The number of carbonyl (C=O) groups is 1. The molecule has 36 heavy (non-hydrogen) atoms. The van der Waals surface area contributed by atoms with Crippen molar-refractivity contribution in [1.29, 1.82) is 0 Å². The lowest BCUT2D eigenvalue weighted by Crippen LogP contribution is -2.32. The Bertz CT molecular complexity index is 1220. The van der Waals surface area contributed by atoms with Crippen molar-refractivity contribution >= 4 is 40.7 Å². The standard InChI is InChI=1S/C27H29Cl3N4O2/c28-18-8-11-21(12-9-18)36-27-22(17-31-20-6-2-1-3-7-20)25(26(35)33-14-4-5-15-33)32-34(27)24-13-10-19(29)16-23(24)30/h8-13,16,20,31H,1-7,14-15,17H2. The monoisotopic (exact) mass is 546 g/mol. The van der Waals surface area contributed by atoms with Gasteiger partial charge >= 0.3 is 0 Å². The van der Waals surface area contributed by atoms with Crippen molar-refractivity contribution in [2.24, 2.45) is 0 Å². The Balaban J connectivity index is 1.60. The first kappa shape index (κ1) is 25.4. The maximum atomic E-state index is 13.6. The third-order valence-electron chi connectivity index (χ3n) is 6.87. The van der Waals surface area contributed by atoms with E-state index in [1.165, 1.54) is 19.3 Å². The van der Waals surface area contributed by atoms with Gasteiger partial charge in [-0.25, -0.2) is 0 Å². The van der Waals surface area contributed by atoms with E-state index in [4.69, 9.17) is 44.6 Å². The second kappa shape index (κ2) is 11.4. The minimum Gasteiger partial charge on any atom is -0.439 e. The molecule has 1 saturated heterocycles. The third kappa shape index (κ3) is 5.67. The zero-order valence-electron chi connectivity index (χ0n) is 20.0. The first-order valence-electron chi connectivity index (χ1n) is 12.5. The van der Waals surface area contributed by atoms with E-state index in [0.29, 0.717) is 50.7 Å². The Morgan fingerprint density at radius 3 is 2.33 bits per heavy atom. The molecule has 1 amide bonds.